The minimum absolute atomic E-state index is 0.0579. The van der Waals surface area contributed by atoms with Crippen LogP contribution in [0.4, 0.5) is 17.6 Å². The van der Waals surface area contributed by atoms with Gasteiger partial charge in [-0.15, -0.1) is 0 Å². The molecule has 0 saturated carbocycles. The number of hydrogen-bond acceptors (Lipinski definition) is 2. The summed E-state index contributed by atoms with van der Waals surface area (Å²) >= 11 is 0. The summed E-state index contributed by atoms with van der Waals surface area (Å²) in [6.07, 6.45) is -3.78. The average molecular weight is 243 g/mol. The Kier molecular flexibility index (Phi) is 4.12. The molecule has 1 saturated heterocycles. The van der Waals surface area contributed by atoms with E-state index in [9.17, 15) is 22.4 Å². The van der Waals surface area contributed by atoms with Crippen molar-refractivity contribution in [2.24, 2.45) is 0 Å². The minimum atomic E-state index is -4.60. The van der Waals surface area contributed by atoms with Crippen LogP contribution in [0.1, 0.15) is 13.3 Å². The smallest absolute Gasteiger partial charge is 0.375 e. The normalized spacial score (nSPS) is 22.6. The van der Waals surface area contributed by atoms with E-state index >= 15 is 0 Å². The predicted octanol–water partition coefficient (Wildman–Crippen LogP) is 1.52. The summed E-state index contributed by atoms with van der Waals surface area (Å²) in [6, 6.07) is 0. The molecule has 7 heteroatoms. The maximum Gasteiger partial charge on any atom is 0.383 e. The first-order chi connectivity index (χ1) is 7.39. The Morgan fingerprint density at radius 2 is 2.19 bits per heavy atom. The molecule has 3 nitrogen and oxygen atoms in total. The van der Waals surface area contributed by atoms with Crippen LogP contribution in [0.2, 0.25) is 0 Å². The molecule has 0 aromatic carbocycles. The standard InChI is InChI=1S/C9H13F4NO2/c1-2-6-5-14(3-4-16-6)8(15)9(12,13)7(10)11/h6-7H,2-5H2,1H3. The molecule has 1 atom stereocenters. The number of halogens is 4. The highest BCUT2D eigenvalue weighted by Gasteiger charge is 2.51. The van der Waals surface area contributed by atoms with E-state index in [0.29, 0.717) is 6.42 Å². The van der Waals surface area contributed by atoms with Crippen molar-refractivity contribution in [2.75, 3.05) is 19.7 Å². The lowest BCUT2D eigenvalue weighted by Gasteiger charge is -2.34. The fourth-order valence-electron chi connectivity index (χ4n) is 1.45. The molecule has 1 fully saturated rings. The molecule has 1 aliphatic rings. The summed E-state index contributed by atoms with van der Waals surface area (Å²) in [5.41, 5.74) is 0. The first kappa shape index (κ1) is 13.2. The molecule has 1 aliphatic heterocycles. The fraction of sp³-hybridized carbons (Fsp3) is 0.889. The Hall–Kier alpha value is -0.850. The lowest BCUT2D eigenvalue weighted by atomic mass is 10.2. The molecule has 0 spiro atoms. The zero-order chi connectivity index (χ0) is 12.3. The lowest BCUT2D eigenvalue weighted by Crippen LogP contribution is -2.53. The summed E-state index contributed by atoms with van der Waals surface area (Å²) in [5.74, 6) is -6.42. The van der Waals surface area contributed by atoms with Gasteiger partial charge in [0.2, 0.25) is 0 Å². The van der Waals surface area contributed by atoms with Gasteiger partial charge < -0.3 is 9.64 Å². The summed E-state index contributed by atoms with van der Waals surface area (Å²) < 4.78 is 54.6. The zero-order valence-electron chi connectivity index (χ0n) is 8.76. The van der Waals surface area contributed by atoms with Crippen LogP contribution in [0.5, 0.6) is 0 Å². The number of rotatable bonds is 3. The van der Waals surface area contributed by atoms with Crippen LogP contribution >= 0.6 is 0 Å². The minimum Gasteiger partial charge on any atom is -0.375 e. The topological polar surface area (TPSA) is 29.5 Å². The fourth-order valence-corrected chi connectivity index (χ4v) is 1.45. The molecule has 0 radical (unpaired) electrons. The SMILES string of the molecule is CCC1CN(C(=O)C(F)(F)C(F)F)CCO1. The molecule has 0 aromatic heterocycles. The third-order valence-electron chi connectivity index (χ3n) is 2.44. The van der Waals surface area contributed by atoms with E-state index in [2.05, 4.69) is 0 Å². The molecule has 0 N–H and O–H groups in total. The number of alkyl halides is 4. The Balaban J connectivity index is 2.66. The highest BCUT2D eigenvalue weighted by Crippen LogP contribution is 2.26. The number of ether oxygens (including phenoxy) is 1. The number of amides is 1. The highest BCUT2D eigenvalue weighted by atomic mass is 19.3. The molecule has 1 heterocycles. The van der Waals surface area contributed by atoms with Gasteiger partial charge in [-0.1, -0.05) is 6.92 Å². The van der Waals surface area contributed by atoms with E-state index in [1.807, 2.05) is 0 Å². The maximum atomic E-state index is 12.8. The molecule has 16 heavy (non-hydrogen) atoms. The van der Waals surface area contributed by atoms with Gasteiger partial charge in [-0.25, -0.2) is 8.78 Å². The van der Waals surface area contributed by atoms with Gasteiger partial charge in [-0.2, -0.15) is 8.78 Å². The van der Waals surface area contributed by atoms with Crippen LogP contribution in [0, 0.1) is 0 Å². The van der Waals surface area contributed by atoms with Crippen LogP contribution in [-0.2, 0) is 9.53 Å². The molecular weight excluding hydrogens is 230 g/mol. The van der Waals surface area contributed by atoms with E-state index < -0.39 is 18.3 Å². The van der Waals surface area contributed by atoms with Gasteiger partial charge in [0.15, 0.2) is 0 Å². The van der Waals surface area contributed by atoms with Crippen molar-refractivity contribution in [3.05, 3.63) is 0 Å². The average Bonchev–Trinajstić information content (AvgIpc) is 2.27. The third-order valence-corrected chi connectivity index (χ3v) is 2.44. The molecule has 1 amide bonds. The Labute approximate surface area is 90.3 Å². The Morgan fingerprint density at radius 1 is 1.56 bits per heavy atom. The molecular formula is C9H13F4NO2. The van der Waals surface area contributed by atoms with E-state index in [-0.39, 0.29) is 25.8 Å². The quantitative estimate of drug-likeness (QED) is 0.703. The van der Waals surface area contributed by atoms with Crippen molar-refractivity contribution in [3.8, 4) is 0 Å². The predicted molar refractivity (Wildman–Crippen MR) is 47.6 cm³/mol. The second-order valence-corrected chi connectivity index (χ2v) is 3.58. The summed E-state index contributed by atoms with van der Waals surface area (Å²) in [4.78, 5) is 11.9. The summed E-state index contributed by atoms with van der Waals surface area (Å²) in [5, 5.41) is 0. The van der Waals surface area contributed by atoms with E-state index in [1.54, 1.807) is 6.92 Å². The van der Waals surface area contributed by atoms with Crippen molar-refractivity contribution in [1.29, 1.82) is 0 Å². The summed E-state index contributed by atoms with van der Waals surface area (Å²) in [7, 11) is 0. The number of nitrogens with zero attached hydrogens (tertiary/aromatic N) is 1. The highest BCUT2D eigenvalue weighted by molar-refractivity contribution is 5.84. The van der Waals surface area contributed by atoms with Crippen molar-refractivity contribution in [1.82, 2.24) is 4.90 Å². The van der Waals surface area contributed by atoms with Gasteiger partial charge >= 0.3 is 12.3 Å². The maximum absolute atomic E-state index is 12.8. The van der Waals surface area contributed by atoms with Crippen LogP contribution < -0.4 is 0 Å². The van der Waals surface area contributed by atoms with Gasteiger partial charge in [0, 0.05) is 13.1 Å². The van der Waals surface area contributed by atoms with Crippen molar-refractivity contribution in [2.45, 2.75) is 31.8 Å². The largest absolute Gasteiger partial charge is 0.383 e. The molecule has 1 rings (SSSR count). The van der Waals surface area contributed by atoms with Gasteiger partial charge in [0.05, 0.1) is 12.7 Å². The number of carbonyl (C=O) groups is 1. The van der Waals surface area contributed by atoms with Gasteiger partial charge in [-0.05, 0) is 6.42 Å². The first-order valence-corrected chi connectivity index (χ1v) is 4.96. The van der Waals surface area contributed by atoms with Gasteiger partial charge in [-0.3, -0.25) is 4.79 Å². The number of hydrogen-bond donors (Lipinski definition) is 0. The van der Waals surface area contributed by atoms with Crippen LogP contribution in [0.15, 0.2) is 0 Å². The van der Waals surface area contributed by atoms with E-state index in [0.717, 1.165) is 4.90 Å². The molecule has 1 unspecified atom stereocenters. The molecule has 0 bridgehead atoms. The van der Waals surface area contributed by atoms with Crippen LogP contribution in [-0.4, -0.2) is 49.0 Å². The number of morpholine rings is 1. The lowest BCUT2D eigenvalue weighted by molar-refractivity contribution is -0.186. The monoisotopic (exact) mass is 243 g/mol. The van der Waals surface area contributed by atoms with Crippen LogP contribution in [0.3, 0.4) is 0 Å². The summed E-state index contributed by atoms with van der Waals surface area (Å²) in [6.45, 7) is 1.74. The van der Waals surface area contributed by atoms with Crippen LogP contribution in [0.25, 0.3) is 0 Å². The van der Waals surface area contributed by atoms with Gasteiger partial charge in [0.25, 0.3) is 5.91 Å². The Bertz CT molecular complexity index is 260. The second kappa shape index (κ2) is 4.99. The molecule has 0 aromatic rings. The van der Waals surface area contributed by atoms with Crippen molar-refractivity contribution >= 4 is 5.91 Å². The Morgan fingerprint density at radius 3 is 2.69 bits per heavy atom. The first-order valence-electron chi connectivity index (χ1n) is 4.96. The third kappa shape index (κ3) is 2.63. The zero-order valence-corrected chi connectivity index (χ0v) is 8.76. The molecule has 94 valence electrons. The second-order valence-electron chi connectivity index (χ2n) is 3.58. The van der Waals surface area contributed by atoms with Crippen molar-refractivity contribution < 1.29 is 27.1 Å². The van der Waals surface area contributed by atoms with Crippen molar-refractivity contribution in [3.63, 3.8) is 0 Å². The van der Waals surface area contributed by atoms with E-state index in [4.69, 9.17) is 4.74 Å². The van der Waals surface area contributed by atoms with E-state index in [1.165, 1.54) is 0 Å². The number of carbonyl (C=O) groups excluding carboxylic acids is 1. The molecule has 0 aliphatic carbocycles. The van der Waals surface area contributed by atoms with Gasteiger partial charge in [0.1, 0.15) is 0 Å².